The molecule has 1 radical (unpaired) electrons. The molecule has 0 aliphatic heterocycles. The summed E-state index contributed by atoms with van der Waals surface area (Å²) in [5.41, 5.74) is 5.21. The maximum absolute atomic E-state index is 10.4. The van der Waals surface area contributed by atoms with Gasteiger partial charge in [0.15, 0.2) is 0 Å². The third kappa shape index (κ3) is 3.61. The molecule has 0 aliphatic rings. The highest BCUT2D eigenvalue weighted by molar-refractivity contribution is 5.76. The van der Waals surface area contributed by atoms with E-state index in [1.807, 2.05) is 0 Å². The lowest BCUT2D eigenvalue weighted by Crippen LogP contribution is -2.38. The molecule has 0 rings (SSSR count). The van der Waals surface area contributed by atoms with Crippen molar-refractivity contribution in [1.29, 1.82) is 0 Å². The van der Waals surface area contributed by atoms with Crippen molar-refractivity contribution in [3.05, 3.63) is 6.92 Å². The van der Waals surface area contributed by atoms with Crippen LogP contribution in [0.5, 0.6) is 0 Å². The fraction of sp³-hybridized carbons (Fsp3) is 0.600. The van der Waals surface area contributed by atoms with Crippen molar-refractivity contribution in [3.63, 3.8) is 0 Å². The van der Waals surface area contributed by atoms with Gasteiger partial charge in [0, 0.05) is 6.42 Å². The van der Waals surface area contributed by atoms with Crippen LogP contribution in [0.3, 0.4) is 0 Å². The predicted octanol–water partition coefficient (Wildman–Crippen LogP) is -0.369. The van der Waals surface area contributed by atoms with Gasteiger partial charge in [-0.25, -0.2) is 0 Å². The second-order valence-electron chi connectivity index (χ2n) is 1.61. The monoisotopic (exact) mass is 115 g/mol. The van der Waals surface area contributed by atoms with Crippen molar-refractivity contribution in [2.45, 2.75) is 19.5 Å². The minimum atomic E-state index is -0.260. The molecule has 0 aromatic carbocycles. The van der Waals surface area contributed by atoms with Crippen LogP contribution in [0.15, 0.2) is 0 Å². The summed E-state index contributed by atoms with van der Waals surface area (Å²) in [7, 11) is 0. The number of nitrogens with two attached hydrogens (primary N) is 1. The summed E-state index contributed by atoms with van der Waals surface area (Å²) in [6.45, 7) is 5.07. The number of hydrogen-bond acceptors (Lipinski definition) is 2. The largest absolute Gasteiger partial charge is 0.341 e. The van der Waals surface area contributed by atoms with E-state index in [9.17, 15) is 4.79 Å². The smallest absolute Gasteiger partial charge is 0.221 e. The average Bonchev–Trinajstić information content (AvgIpc) is 1.65. The van der Waals surface area contributed by atoms with Crippen molar-refractivity contribution in [2.24, 2.45) is 5.73 Å². The zero-order valence-electron chi connectivity index (χ0n) is 4.98. The van der Waals surface area contributed by atoms with Gasteiger partial charge in [-0.05, 0) is 13.8 Å². The average molecular weight is 115 g/mol. The molecule has 3 heteroatoms. The molecule has 3 N–H and O–H groups in total. The van der Waals surface area contributed by atoms with Crippen LogP contribution in [0.25, 0.3) is 0 Å². The molecule has 0 fully saturated rings. The highest BCUT2D eigenvalue weighted by Gasteiger charge is 1.96. The lowest BCUT2D eigenvalue weighted by atomic mass is 10.4. The molecular formula is C5H11N2O. The fourth-order valence-electron chi connectivity index (χ4n) is 0.326. The Morgan fingerprint density at radius 3 is 2.62 bits per heavy atom. The molecule has 1 atom stereocenters. The number of hydrogen-bond donors (Lipinski definition) is 2. The Morgan fingerprint density at radius 1 is 2.00 bits per heavy atom. The number of nitrogens with one attached hydrogen (secondary N) is 1. The standard InChI is InChI=1S/C5H11N2O/c1-3-5(8)7-4(2)6/h4H,1,3,6H2,2H3,(H,7,8). The molecular weight excluding hydrogens is 104 g/mol. The van der Waals surface area contributed by atoms with Gasteiger partial charge in [0.1, 0.15) is 0 Å². The van der Waals surface area contributed by atoms with Gasteiger partial charge in [0.2, 0.25) is 5.91 Å². The van der Waals surface area contributed by atoms with E-state index in [2.05, 4.69) is 12.2 Å². The summed E-state index contributed by atoms with van der Waals surface area (Å²) in [4.78, 5) is 10.4. The zero-order valence-corrected chi connectivity index (χ0v) is 4.98. The Kier molecular flexibility index (Phi) is 3.19. The molecule has 1 amide bonds. The van der Waals surface area contributed by atoms with Crippen LogP contribution in [0.4, 0.5) is 0 Å². The first-order valence-electron chi connectivity index (χ1n) is 2.51. The van der Waals surface area contributed by atoms with Gasteiger partial charge in [0.05, 0.1) is 6.17 Å². The lowest BCUT2D eigenvalue weighted by molar-refractivity contribution is -0.120. The maximum atomic E-state index is 10.4. The Labute approximate surface area is 49.3 Å². The third-order valence-electron chi connectivity index (χ3n) is 0.616. The zero-order chi connectivity index (χ0) is 6.57. The van der Waals surface area contributed by atoms with Crippen molar-refractivity contribution in [2.75, 3.05) is 0 Å². The van der Waals surface area contributed by atoms with Crippen LogP contribution in [-0.2, 0) is 4.79 Å². The second-order valence-corrected chi connectivity index (χ2v) is 1.61. The van der Waals surface area contributed by atoms with Gasteiger partial charge in [0.25, 0.3) is 0 Å². The molecule has 1 unspecified atom stereocenters. The summed E-state index contributed by atoms with van der Waals surface area (Å²) < 4.78 is 0. The summed E-state index contributed by atoms with van der Waals surface area (Å²) in [5, 5.41) is 2.47. The summed E-state index contributed by atoms with van der Waals surface area (Å²) >= 11 is 0. The molecule has 0 spiro atoms. The van der Waals surface area contributed by atoms with Crippen molar-refractivity contribution >= 4 is 5.91 Å². The molecule has 47 valence electrons. The molecule has 8 heavy (non-hydrogen) atoms. The van der Waals surface area contributed by atoms with Crippen LogP contribution in [0.2, 0.25) is 0 Å². The van der Waals surface area contributed by atoms with Crippen LogP contribution in [-0.4, -0.2) is 12.1 Å². The van der Waals surface area contributed by atoms with E-state index in [0.717, 1.165) is 0 Å². The number of amides is 1. The van der Waals surface area contributed by atoms with Gasteiger partial charge >= 0.3 is 0 Å². The van der Waals surface area contributed by atoms with E-state index in [-0.39, 0.29) is 18.5 Å². The van der Waals surface area contributed by atoms with Gasteiger partial charge in [-0.1, -0.05) is 0 Å². The second kappa shape index (κ2) is 3.43. The van der Waals surface area contributed by atoms with Gasteiger partial charge in [-0.3, -0.25) is 4.79 Å². The van der Waals surface area contributed by atoms with Crippen molar-refractivity contribution < 1.29 is 4.79 Å². The Morgan fingerprint density at radius 2 is 2.50 bits per heavy atom. The first-order valence-corrected chi connectivity index (χ1v) is 2.51. The van der Waals surface area contributed by atoms with E-state index in [1.165, 1.54) is 0 Å². The summed E-state index contributed by atoms with van der Waals surface area (Å²) in [6, 6.07) is 0. The van der Waals surface area contributed by atoms with Gasteiger partial charge < -0.3 is 11.1 Å². The number of rotatable bonds is 2. The lowest BCUT2D eigenvalue weighted by Gasteiger charge is -2.04. The molecule has 0 aromatic heterocycles. The molecule has 0 aromatic rings. The Balaban J connectivity index is 3.25. The van der Waals surface area contributed by atoms with Crippen LogP contribution >= 0.6 is 0 Å². The molecule has 0 saturated heterocycles. The van der Waals surface area contributed by atoms with Crippen molar-refractivity contribution in [3.8, 4) is 0 Å². The Hall–Kier alpha value is -0.570. The Bertz CT molecular complexity index is 80.5. The first kappa shape index (κ1) is 7.43. The van der Waals surface area contributed by atoms with Crippen molar-refractivity contribution in [1.82, 2.24) is 5.32 Å². The van der Waals surface area contributed by atoms with Crippen LogP contribution < -0.4 is 11.1 Å². The predicted molar refractivity (Wildman–Crippen MR) is 31.8 cm³/mol. The van der Waals surface area contributed by atoms with Gasteiger partial charge in [-0.15, -0.1) is 0 Å². The minimum Gasteiger partial charge on any atom is -0.341 e. The summed E-state index contributed by atoms with van der Waals surface area (Å²) in [5.74, 6) is -0.111. The first-order chi connectivity index (χ1) is 3.66. The van der Waals surface area contributed by atoms with E-state index in [1.54, 1.807) is 6.92 Å². The highest BCUT2D eigenvalue weighted by Crippen LogP contribution is 1.74. The van der Waals surface area contributed by atoms with E-state index < -0.39 is 0 Å². The molecule has 0 saturated carbocycles. The number of carbonyl (C=O) groups excluding carboxylic acids is 1. The van der Waals surface area contributed by atoms with E-state index >= 15 is 0 Å². The molecule has 0 aliphatic carbocycles. The van der Waals surface area contributed by atoms with Gasteiger partial charge in [-0.2, -0.15) is 0 Å². The third-order valence-corrected chi connectivity index (χ3v) is 0.616. The SMILES string of the molecule is [CH2]CC(=O)NC(C)N. The maximum Gasteiger partial charge on any atom is 0.221 e. The molecule has 0 bridgehead atoms. The highest BCUT2D eigenvalue weighted by atomic mass is 16.1. The van der Waals surface area contributed by atoms with E-state index in [0.29, 0.717) is 0 Å². The quantitative estimate of drug-likeness (QED) is 0.482. The molecule has 3 nitrogen and oxygen atoms in total. The number of carbonyl (C=O) groups is 1. The topological polar surface area (TPSA) is 55.1 Å². The van der Waals surface area contributed by atoms with Crippen LogP contribution in [0, 0.1) is 6.92 Å². The normalized spacial score (nSPS) is 12.9. The van der Waals surface area contributed by atoms with E-state index in [4.69, 9.17) is 5.73 Å². The van der Waals surface area contributed by atoms with Crippen LogP contribution in [0.1, 0.15) is 13.3 Å². The summed E-state index contributed by atoms with van der Waals surface area (Å²) in [6.07, 6.45) is -0.00843. The minimum absolute atomic E-state index is 0.111. The fourth-order valence-corrected chi connectivity index (χ4v) is 0.326. The molecule has 0 heterocycles.